The Morgan fingerprint density at radius 2 is 1.57 bits per heavy atom. The number of amides is 1. The third-order valence-corrected chi connectivity index (χ3v) is 7.04. The van der Waals surface area contributed by atoms with Gasteiger partial charge in [-0.2, -0.15) is 0 Å². The average Bonchev–Trinajstić information content (AvgIpc) is 3.52. The molecule has 0 unspecified atom stereocenters. The summed E-state index contributed by atoms with van der Waals surface area (Å²) in [5, 5.41) is 17.7. The van der Waals surface area contributed by atoms with Crippen LogP contribution < -0.4 is 10.2 Å². The molecule has 1 amide bonds. The molecular formula is C34H37N7O. The number of pyridine rings is 1. The van der Waals surface area contributed by atoms with Crippen LogP contribution in [0.1, 0.15) is 50.3 Å². The number of rotatable bonds is 11. The number of tetrazole rings is 1. The number of carbonyl (C=O) groups excluding carboxylic acids is 1. The molecule has 0 bridgehead atoms. The maximum atomic E-state index is 13.3. The summed E-state index contributed by atoms with van der Waals surface area (Å²) in [5.74, 6) is 2.10. The molecule has 0 saturated heterocycles. The second-order valence-electron chi connectivity index (χ2n) is 11.3. The van der Waals surface area contributed by atoms with E-state index in [0.717, 1.165) is 34.7 Å². The normalized spacial score (nSPS) is 11.2. The molecule has 42 heavy (non-hydrogen) atoms. The zero-order valence-corrected chi connectivity index (χ0v) is 24.6. The number of anilines is 2. The van der Waals surface area contributed by atoms with Gasteiger partial charge in [-0.3, -0.25) is 4.79 Å². The molecule has 5 aromatic rings. The predicted molar refractivity (Wildman–Crippen MR) is 168 cm³/mol. The van der Waals surface area contributed by atoms with E-state index in [1.165, 1.54) is 11.1 Å². The molecule has 2 heterocycles. The van der Waals surface area contributed by atoms with Crippen LogP contribution in [0.15, 0.2) is 91.0 Å². The Bertz CT molecular complexity index is 1600. The fourth-order valence-electron chi connectivity index (χ4n) is 4.97. The molecule has 0 aliphatic heterocycles. The van der Waals surface area contributed by atoms with Crippen LogP contribution in [0.3, 0.4) is 0 Å². The van der Waals surface area contributed by atoms with Gasteiger partial charge in [0, 0.05) is 36.0 Å². The van der Waals surface area contributed by atoms with E-state index >= 15 is 0 Å². The van der Waals surface area contributed by atoms with Crippen LogP contribution in [0.25, 0.3) is 22.6 Å². The fourth-order valence-corrected chi connectivity index (χ4v) is 4.97. The molecule has 8 heteroatoms. The molecule has 0 fully saturated rings. The van der Waals surface area contributed by atoms with Crippen molar-refractivity contribution in [3.63, 3.8) is 0 Å². The standard InChI is InChI=1S/C34H37N7O/c1-23(2)21-41(22-26-10-6-5-7-11-26)32-20-28(35-33(42)18-25-14-16-27(17-15-25)24(3)4)19-31(36-32)29-12-8-9-13-30(29)34-37-39-40-38-34/h5-17,19-20,23-24H,18,21-22H2,1-4H3,(H,35,36,42)(H,37,38,39,40). The van der Waals surface area contributed by atoms with Crippen molar-refractivity contribution < 1.29 is 4.79 Å². The van der Waals surface area contributed by atoms with Crippen LogP contribution in [0.5, 0.6) is 0 Å². The van der Waals surface area contributed by atoms with Crippen LogP contribution in [0, 0.1) is 5.92 Å². The number of H-pyrrole nitrogens is 1. The smallest absolute Gasteiger partial charge is 0.228 e. The monoisotopic (exact) mass is 559 g/mol. The van der Waals surface area contributed by atoms with Crippen molar-refractivity contribution in [3.8, 4) is 22.6 Å². The van der Waals surface area contributed by atoms with Crippen molar-refractivity contribution in [1.82, 2.24) is 25.6 Å². The number of benzene rings is 3. The van der Waals surface area contributed by atoms with Gasteiger partial charge in [0.05, 0.1) is 12.1 Å². The van der Waals surface area contributed by atoms with Gasteiger partial charge in [-0.25, -0.2) is 10.1 Å². The maximum absolute atomic E-state index is 13.3. The lowest BCUT2D eigenvalue weighted by Gasteiger charge is -2.27. The molecule has 5 rings (SSSR count). The zero-order valence-electron chi connectivity index (χ0n) is 24.6. The van der Waals surface area contributed by atoms with Crippen molar-refractivity contribution >= 4 is 17.4 Å². The third-order valence-electron chi connectivity index (χ3n) is 7.04. The molecule has 214 valence electrons. The third kappa shape index (κ3) is 7.26. The molecular weight excluding hydrogens is 522 g/mol. The zero-order chi connectivity index (χ0) is 29.5. The number of nitrogens with zero attached hydrogens (tertiary/aromatic N) is 5. The molecule has 0 radical (unpaired) electrons. The molecule has 2 N–H and O–H groups in total. The number of hydrogen-bond donors (Lipinski definition) is 2. The first-order valence-corrected chi connectivity index (χ1v) is 14.4. The lowest BCUT2D eigenvalue weighted by atomic mass is 10.0. The van der Waals surface area contributed by atoms with Gasteiger partial charge in [-0.1, -0.05) is 107 Å². The SMILES string of the molecule is CC(C)CN(Cc1ccccc1)c1cc(NC(=O)Cc2ccc(C(C)C)cc2)cc(-c2ccccc2-c2nnn[nH]2)n1. The first-order chi connectivity index (χ1) is 20.4. The summed E-state index contributed by atoms with van der Waals surface area (Å²) >= 11 is 0. The number of aromatic amines is 1. The summed E-state index contributed by atoms with van der Waals surface area (Å²) in [6.45, 7) is 10.2. The van der Waals surface area contributed by atoms with Crippen molar-refractivity contribution in [2.75, 3.05) is 16.8 Å². The highest BCUT2D eigenvalue weighted by molar-refractivity contribution is 5.93. The van der Waals surface area contributed by atoms with Crippen molar-refractivity contribution in [3.05, 3.63) is 108 Å². The summed E-state index contributed by atoms with van der Waals surface area (Å²) < 4.78 is 0. The second-order valence-corrected chi connectivity index (χ2v) is 11.3. The Morgan fingerprint density at radius 3 is 2.24 bits per heavy atom. The summed E-state index contributed by atoms with van der Waals surface area (Å²) in [7, 11) is 0. The van der Waals surface area contributed by atoms with E-state index in [0.29, 0.717) is 29.9 Å². The van der Waals surface area contributed by atoms with Crippen LogP contribution in [-0.2, 0) is 17.8 Å². The average molecular weight is 560 g/mol. The van der Waals surface area contributed by atoms with Gasteiger partial charge in [-0.05, 0) is 45.0 Å². The number of hydrogen-bond acceptors (Lipinski definition) is 6. The fraction of sp³-hybridized carbons (Fsp3) is 0.265. The second kappa shape index (κ2) is 13.2. The Morgan fingerprint density at radius 1 is 0.857 bits per heavy atom. The van der Waals surface area contributed by atoms with Gasteiger partial charge in [0.15, 0.2) is 5.82 Å². The largest absolute Gasteiger partial charge is 0.352 e. The predicted octanol–water partition coefficient (Wildman–Crippen LogP) is 6.90. The van der Waals surface area contributed by atoms with Gasteiger partial charge in [0.25, 0.3) is 0 Å². The highest BCUT2D eigenvalue weighted by Crippen LogP contribution is 2.33. The quantitative estimate of drug-likeness (QED) is 0.183. The summed E-state index contributed by atoms with van der Waals surface area (Å²) in [4.78, 5) is 20.7. The first kappa shape index (κ1) is 28.7. The molecule has 0 aliphatic rings. The van der Waals surface area contributed by atoms with Crippen molar-refractivity contribution in [2.45, 2.75) is 46.6 Å². The number of nitrogens with one attached hydrogen (secondary N) is 2. The molecule has 0 saturated carbocycles. The van der Waals surface area contributed by atoms with Crippen molar-refractivity contribution in [2.24, 2.45) is 5.92 Å². The number of carbonyl (C=O) groups is 1. The minimum absolute atomic E-state index is 0.0819. The lowest BCUT2D eigenvalue weighted by molar-refractivity contribution is -0.115. The highest BCUT2D eigenvalue weighted by atomic mass is 16.1. The molecule has 0 spiro atoms. The van der Waals surface area contributed by atoms with E-state index in [1.807, 2.05) is 66.7 Å². The van der Waals surface area contributed by atoms with Crippen LogP contribution in [0.4, 0.5) is 11.5 Å². The summed E-state index contributed by atoms with van der Waals surface area (Å²) in [6, 6.07) is 30.4. The Hall–Kier alpha value is -4.85. The van der Waals surface area contributed by atoms with E-state index in [-0.39, 0.29) is 12.3 Å². The molecule has 3 aromatic carbocycles. The first-order valence-electron chi connectivity index (χ1n) is 14.4. The van der Waals surface area contributed by atoms with Gasteiger partial charge < -0.3 is 10.2 Å². The molecule has 0 aliphatic carbocycles. The molecule has 8 nitrogen and oxygen atoms in total. The van der Waals surface area contributed by atoms with Gasteiger partial charge >= 0.3 is 0 Å². The minimum atomic E-state index is -0.0819. The van der Waals surface area contributed by atoms with E-state index < -0.39 is 0 Å². The minimum Gasteiger partial charge on any atom is -0.352 e. The summed E-state index contributed by atoms with van der Waals surface area (Å²) in [6.07, 6.45) is 0.283. The molecule has 2 aromatic heterocycles. The molecule has 0 atom stereocenters. The van der Waals surface area contributed by atoms with Crippen LogP contribution >= 0.6 is 0 Å². The van der Waals surface area contributed by atoms with E-state index in [1.54, 1.807) is 0 Å². The van der Waals surface area contributed by atoms with Gasteiger partial charge in [0.1, 0.15) is 5.82 Å². The lowest BCUT2D eigenvalue weighted by Crippen LogP contribution is -2.28. The Labute approximate surface area is 247 Å². The van der Waals surface area contributed by atoms with Crippen LogP contribution in [-0.4, -0.2) is 38.1 Å². The topological polar surface area (TPSA) is 99.7 Å². The van der Waals surface area contributed by atoms with E-state index in [9.17, 15) is 4.79 Å². The van der Waals surface area contributed by atoms with Crippen molar-refractivity contribution in [1.29, 1.82) is 0 Å². The van der Waals surface area contributed by atoms with Gasteiger partial charge in [0.2, 0.25) is 5.91 Å². The van der Waals surface area contributed by atoms with E-state index in [4.69, 9.17) is 4.98 Å². The maximum Gasteiger partial charge on any atom is 0.228 e. The Balaban J connectivity index is 1.52. The van der Waals surface area contributed by atoms with E-state index in [2.05, 4.69) is 82.8 Å². The van der Waals surface area contributed by atoms with Gasteiger partial charge in [-0.15, -0.1) is 5.10 Å². The Kier molecular flexibility index (Phi) is 9.02. The van der Waals surface area contributed by atoms with Crippen LogP contribution in [0.2, 0.25) is 0 Å². The number of aromatic nitrogens is 5. The summed E-state index contributed by atoms with van der Waals surface area (Å²) in [5.41, 5.74) is 6.51. The highest BCUT2D eigenvalue weighted by Gasteiger charge is 2.18.